The molecule has 0 aliphatic carbocycles. The molecule has 3 rings (SSSR count). The molecule has 0 bridgehead atoms. The minimum atomic E-state index is -0.876. The van der Waals surface area contributed by atoms with Crippen molar-refractivity contribution < 1.29 is 29.4 Å². The summed E-state index contributed by atoms with van der Waals surface area (Å²) in [6.45, 7) is 0.0751. The second-order valence-electron chi connectivity index (χ2n) is 6.87. The normalized spacial score (nSPS) is 18.8. The molecule has 2 heterocycles. The molecule has 0 saturated carbocycles. The Kier molecular flexibility index (Phi) is 8.55. The molecule has 1 aromatic carbocycles. The minimum absolute atomic E-state index is 0.0295. The van der Waals surface area contributed by atoms with Crippen molar-refractivity contribution in [3.05, 3.63) is 47.2 Å². The van der Waals surface area contributed by atoms with Crippen LogP contribution >= 0.6 is 0 Å². The molecule has 0 saturated heterocycles. The first-order valence-corrected chi connectivity index (χ1v) is 9.61. The van der Waals surface area contributed by atoms with Crippen LogP contribution < -0.4 is 21.7 Å². The van der Waals surface area contributed by atoms with E-state index in [2.05, 4.69) is 20.9 Å². The number of carboxylic acid groups (broad SMARTS) is 2. The summed E-state index contributed by atoms with van der Waals surface area (Å²) in [4.78, 5) is 47.2. The smallest absolute Gasteiger partial charge is 0.303 e. The zero-order chi connectivity index (χ0) is 22.8. The number of guanidine groups is 1. The second kappa shape index (κ2) is 11.3. The van der Waals surface area contributed by atoms with E-state index in [1.54, 1.807) is 12.1 Å². The largest absolute Gasteiger partial charge is 0.483 e. The fourth-order valence-electron chi connectivity index (χ4n) is 3.27. The highest BCUT2D eigenvalue weighted by atomic mass is 16.4. The quantitative estimate of drug-likeness (QED) is 0.241. The number of carboxylic acids is 1. The zero-order valence-electron chi connectivity index (χ0n) is 16.7. The standard InChI is InChI=1S/C19H23N5O4.CH2O2/c20-19-23-16-15(18(28)24-19)13(10-22-16)8-5-11-3-6-12(7-4-11)17(27)21-9-1-2-14(25)26;2-1-3/h3-4,6-7,10,15-16,22H,1-2,5,8-9H2,(H,21,27)(H,25,26)(H3,20,23,24,28);1H,(H,2,3). The summed E-state index contributed by atoms with van der Waals surface area (Å²) in [6.07, 6.45) is 3.34. The predicted octanol–water partition coefficient (Wildman–Crippen LogP) is -0.211. The SMILES string of the molecule is NC1=NC2NC=C(CCc3ccc(C(=O)NCCCC(=O)O)cc3)C2C(=O)N1.O=CO. The Hall–Kier alpha value is -3.89. The van der Waals surface area contributed by atoms with E-state index in [1.165, 1.54) is 0 Å². The molecule has 166 valence electrons. The van der Waals surface area contributed by atoms with Gasteiger partial charge in [-0.2, -0.15) is 0 Å². The first kappa shape index (κ1) is 23.4. The maximum Gasteiger partial charge on any atom is 0.303 e. The lowest BCUT2D eigenvalue weighted by molar-refractivity contribution is -0.137. The Morgan fingerprint density at radius 3 is 2.55 bits per heavy atom. The van der Waals surface area contributed by atoms with Crippen LogP contribution in [-0.2, 0) is 20.8 Å². The van der Waals surface area contributed by atoms with Gasteiger partial charge in [-0.1, -0.05) is 12.1 Å². The van der Waals surface area contributed by atoms with E-state index in [1.807, 2.05) is 18.3 Å². The number of amides is 2. The van der Waals surface area contributed by atoms with Gasteiger partial charge >= 0.3 is 5.97 Å². The van der Waals surface area contributed by atoms with Crippen molar-refractivity contribution in [3.8, 4) is 0 Å². The fourth-order valence-corrected chi connectivity index (χ4v) is 3.27. The molecule has 2 aliphatic heterocycles. The van der Waals surface area contributed by atoms with Gasteiger partial charge in [0, 0.05) is 18.5 Å². The number of nitrogens with zero attached hydrogens (tertiary/aromatic N) is 1. The summed E-state index contributed by atoms with van der Waals surface area (Å²) in [5, 5.41) is 23.8. The molecular weight excluding hydrogens is 406 g/mol. The lowest BCUT2D eigenvalue weighted by Gasteiger charge is -2.24. The molecule has 0 fully saturated rings. The van der Waals surface area contributed by atoms with E-state index >= 15 is 0 Å². The third kappa shape index (κ3) is 6.84. The van der Waals surface area contributed by atoms with Crippen LogP contribution in [0.3, 0.4) is 0 Å². The van der Waals surface area contributed by atoms with Gasteiger partial charge in [0.05, 0.1) is 0 Å². The molecule has 0 spiro atoms. The summed E-state index contributed by atoms with van der Waals surface area (Å²) >= 11 is 0. The number of benzene rings is 1. The van der Waals surface area contributed by atoms with Crippen LogP contribution in [0.2, 0.25) is 0 Å². The van der Waals surface area contributed by atoms with Gasteiger partial charge in [0.2, 0.25) is 5.91 Å². The lowest BCUT2D eigenvalue weighted by Crippen LogP contribution is -2.50. The van der Waals surface area contributed by atoms with Gasteiger partial charge in [-0.3, -0.25) is 24.5 Å². The van der Waals surface area contributed by atoms with Crippen LogP contribution in [0, 0.1) is 5.92 Å². The molecule has 2 atom stereocenters. The van der Waals surface area contributed by atoms with Crippen molar-refractivity contribution in [2.24, 2.45) is 16.6 Å². The molecule has 2 amide bonds. The number of hydrogen-bond acceptors (Lipinski definition) is 7. The van der Waals surface area contributed by atoms with Crippen molar-refractivity contribution >= 4 is 30.2 Å². The first-order chi connectivity index (χ1) is 14.8. The van der Waals surface area contributed by atoms with Crippen LogP contribution in [0.5, 0.6) is 0 Å². The Morgan fingerprint density at radius 2 is 1.90 bits per heavy atom. The molecule has 1 aromatic rings. The van der Waals surface area contributed by atoms with E-state index in [9.17, 15) is 14.4 Å². The number of carbonyl (C=O) groups is 4. The van der Waals surface area contributed by atoms with E-state index in [4.69, 9.17) is 20.7 Å². The molecule has 11 nitrogen and oxygen atoms in total. The Labute approximate surface area is 178 Å². The third-order valence-corrected chi connectivity index (χ3v) is 4.74. The number of nitrogens with two attached hydrogens (primary N) is 1. The van der Waals surface area contributed by atoms with Gasteiger partial charge in [-0.05, 0) is 48.7 Å². The maximum atomic E-state index is 12.1. The van der Waals surface area contributed by atoms with Gasteiger partial charge in [0.1, 0.15) is 12.1 Å². The first-order valence-electron chi connectivity index (χ1n) is 9.61. The van der Waals surface area contributed by atoms with Crippen LogP contribution in [0.15, 0.2) is 41.0 Å². The Bertz CT molecular complexity index is 881. The maximum absolute atomic E-state index is 12.1. The van der Waals surface area contributed by atoms with Crippen molar-refractivity contribution in [2.45, 2.75) is 31.8 Å². The summed E-state index contributed by atoms with van der Waals surface area (Å²) in [6, 6.07) is 7.24. The van der Waals surface area contributed by atoms with Gasteiger partial charge < -0.3 is 26.6 Å². The van der Waals surface area contributed by atoms with E-state index in [-0.39, 0.29) is 42.8 Å². The van der Waals surface area contributed by atoms with Crippen molar-refractivity contribution in [3.63, 3.8) is 0 Å². The fraction of sp³-hybridized carbons (Fsp3) is 0.350. The molecular formula is C20H25N5O6. The number of aryl methyl sites for hydroxylation is 1. The number of aliphatic carboxylic acids is 1. The topological polar surface area (TPSA) is 183 Å². The van der Waals surface area contributed by atoms with Crippen molar-refractivity contribution in [1.82, 2.24) is 16.0 Å². The van der Waals surface area contributed by atoms with E-state index in [0.717, 1.165) is 17.6 Å². The van der Waals surface area contributed by atoms with Crippen LogP contribution in [-0.4, -0.2) is 53.1 Å². The number of nitrogens with one attached hydrogen (secondary N) is 3. The minimum Gasteiger partial charge on any atom is -0.483 e. The molecule has 11 heteroatoms. The molecule has 7 N–H and O–H groups in total. The molecule has 0 radical (unpaired) electrons. The summed E-state index contributed by atoms with van der Waals surface area (Å²) in [5.74, 6) is -1.47. The van der Waals surface area contributed by atoms with Gasteiger partial charge in [0.15, 0.2) is 5.96 Å². The molecule has 2 aliphatic rings. The summed E-state index contributed by atoms with van der Waals surface area (Å²) in [7, 11) is 0. The molecule has 0 aromatic heterocycles. The monoisotopic (exact) mass is 431 g/mol. The van der Waals surface area contributed by atoms with Gasteiger partial charge in [-0.25, -0.2) is 4.99 Å². The van der Waals surface area contributed by atoms with Crippen LogP contribution in [0.1, 0.15) is 35.2 Å². The van der Waals surface area contributed by atoms with E-state index in [0.29, 0.717) is 24.9 Å². The number of rotatable bonds is 8. The van der Waals surface area contributed by atoms with Crippen molar-refractivity contribution in [2.75, 3.05) is 6.54 Å². The Morgan fingerprint density at radius 1 is 1.23 bits per heavy atom. The number of fused-ring (bicyclic) bond motifs is 1. The van der Waals surface area contributed by atoms with E-state index < -0.39 is 5.97 Å². The number of carbonyl (C=O) groups excluding carboxylic acids is 2. The summed E-state index contributed by atoms with van der Waals surface area (Å²) < 4.78 is 0. The molecule has 2 unspecified atom stereocenters. The average Bonchev–Trinajstić information content (AvgIpc) is 3.13. The predicted molar refractivity (Wildman–Crippen MR) is 111 cm³/mol. The third-order valence-electron chi connectivity index (χ3n) is 4.74. The zero-order valence-corrected chi connectivity index (χ0v) is 16.7. The highest BCUT2D eigenvalue weighted by Crippen LogP contribution is 2.28. The second-order valence-corrected chi connectivity index (χ2v) is 6.87. The average molecular weight is 431 g/mol. The highest BCUT2D eigenvalue weighted by molar-refractivity contribution is 6.01. The summed E-state index contributed by atoms with van der Waals surface area (Å²) in [5.41, 5.74) is 8.12. The van der Waals surface area contributed by atoms with Crippen molar-refractivity contribution in [1.29, 1.82) is 0 Å². The Balaban J connectivity index is 0.00000107. The van der Waals surface area contributed by atoms with Gasteiger partial charge in [-0.15, -0.1) is 0 Å². The van der Waals surface area contributed by atoms with Gasteiger partial charge in [0.25, 0.3) is 12.4 Å². The van der Waals surface area contributed by atoms with Crippen LogP contribution in [0.25, 0.3) is 0 Å². The number of hydrogen-bond donors (Lipinski definition) is 6. The number of aliphatic imine (C=N–C) groups is 1. The van der Waals surface area contributed by atoms with Crippen LogP contribution in [0.4, 0.5) is 0 Å². The highest BCUT2D eigenvalue weighted by Gasteiger charge is 2.38. The lowest BCUT2D eigenvalue weighted by atomic mass is 9.92. The molecule has 31 heavy (non-hydrogen) atoms.